The zero-order chi connectivity index (χ0) is 41.6. The first kappa shape index (κ1) is 46.6. The molecular weight excluding hydrogens is 765 g/mol. The van der Waals surface area contributed by atoms with Crippen LogP contribution in [0, 0.1) is 0 Å². The van der Waals surface area contributed by atoms with E-state index in [0.29, 0.717) is 11.5 Å². The van der Waals surface area contributed by atoms with Crippen LogP contribution in [0.4, 0.5) is 0 Å². The molecule has 1 heterocycles. The van der Waals surface area contributed by atoms with Gasteiger partial charge in [0.25, 0.3) is 11.8 Å². The van der Waals surface area contributed by atoms with E-state index in [2.05, 4.69) is 0 Å². The maximum absolute atomic E-state index is 13.4. The summed E-state index contributed by atoms with van der Waals surface area (Å²) in [7, 11) is -0.518. The highest BCUT2D eigenvalue weighted by atomic mass is 31.2. The summed E-state index contributed by atoms with van der Waals surface area (Å²) in [5.41, 5.74) is 1.82. The van der Waals surface area contributed by atoms with Gasteiger partial charge in [-0.2, -0.15) is 0 Å². The molecule has 0 N–H and O–H groups in total. The van der Waals surface area contributed by atoms with Crippen molar-refractivity contribution in [3.8, 4) is 11.5 Å². The molecule has 2 amide bonds. The molecule has 0 aromatic heterocycles. The number of unbranched alkanes of at least 4 members (excludes halogenated alkanes) is 8. The smallest absolute Gasteiger partial charge is 0.475 e. The van der Waals surface area contributed by atoms with Crippen molar-refractivity contribution in [3.63, 3.8) is 0 Å². The fourth-order valence-electron chi connectivity index (χ4n) is 6.58. The van der Waals surface area contributed by atoms with Crippen LogP contribution in [0.5, 0.6) is 11.5 Å². The van der Waals surface area contributed by atoms with Gasteiger partial charge in [-0.1, -0.05) is 99.5 Å². The van der Waals surface area contributed by atoms with E-state index in [1.165, 1.54) is 0 Å². The third-order valence-electron chi connectivity index (χ3n) is 9.51. The van der Waals surface area contributed by atoms with Gasteiger partial charge in [0.05, 0.1) is 53.4 Å². The van der Waals surface area contributed by atoms with E-state index >= 15 is 0 Å². The van der Waals surface area contributed by atoms with Gasteiger partial charge in [-0.15, -0.1) is 5.06 Å². The lowest BCUT2D eigenvalue weighted by Gasteiger charge is -2.36. The predicted octanol–water partition coefficient (Wildman–Crippen LogP) is 9.10. The lowest BCUT2D eigenvalue weighted by atomic mass is 9.80. The number of carbonyl (C=O) groups is 3. The van der Waals surface area contributed by atoms with Gasteiger partial charge in [0.15, 0.2) is 0 Å². The van der Waals surface area contributed by atoms with E-state index in [0.717, 1.165) is 79.6 Å². The van der Waals surface area contributed by atoms with Crippen LogP contribution in [-0.4, -0.2) is 76.2 Å². The Hall–Kier alpha value is -4.10. The Morgan fingerprint density at radius 3 is 1.66 bits per heavy atom. The molecule has 58 heavy (non-hydrogen) atoms. The third-order valence-corrected chi connectivity index (χ3v) is 11.2. The van der Waals surface area contributed by atoms with Gasteiger partial charge in [0.2, 0.25) is 0 Å². The molecule has 0 radical (unpaired) electrons. The molecule has 3 aromatic carbocycles. The van der Waals surface area contributed by atoms with Crippen LogP contribution >= 0.6 is 7.82 Å². The van der Waals surface area contributed by atoms with E-state index < -0.39 is 31.2 Å². The monoisotopic (exact) mass is 825 g/mol. The molecule has 1 atom stereocenters. The number of ether oxygens (including phenoxy) is 4. The maximum atomic E-state index is 13.4. The lowest BCUT2D eigenvalue weighted by molar-refractivity contribution is -0.197. The first-order valence-electron chi connectivity index (χ1n) is 20.3. The van der Waals surface area contributed by atoms with Gasteiger partial charge in [-0.3, -0.25) is 23.2 Å². The number of hydrogen-bond acceptors (Lipinski definition) is 12. The SMILES string of the molecule is COc1ccc(C(OCCOCCOP(=O)(OCCCCCCCCCCCC(=O)ON2C(=O)CCC2=O)OC(C)C)(c2ccccc2)c2ccc(OC)cc2)cc1. The van der Waals surface area contributed by atoms with Crippen molar-refractivity contribution in [3.05, 3.63) is 95.6 Å². The van der Waals surface area contributed by atoms with Crippen molar-refractivity contribution in [1.29, 1.82) is 0 Å². The summed E-state index contributed by atoms with van der Waals surface area (Å²) >= 11 is 0. The molecule has 1 fully saturated rings. The predicted molar refractivity (Wildman–Crippen MR) is 218 cm³/mol. The van der Waals surface area contributed by atoms with Crippen LogP contribution < -0.4 is 9.47 Å². The van der Waals surface area contributed by atoms with Crippen LogP contribution in [0.3, 0.4) is 0 Å². The summed E-state index contributed by atoms with van der Waals surface area (Å²) in [6.45, 7) is 4.48. The maximum Gasteiger partial charge on any atom is 0.475 e. The van der Waals surface area contributed by atoms with Crippen molar-refractivity contribution in [2.75, 3.05) is 47.3 Å². The Morgan fingerprint density at radius 2 is 1.12 bits per heavy atom. The molecule has 1 aliphatic rings. The Labute approximate surface area is 343 Å². The molecule has 1 aliphatic heterocycles. The zero-order valence-electron chi connectivity index (χ0n) is 34.4. The van der Waals surface area contributed by atoms with Crippen molar-refractivity contribution in [2.24, 2.45) is 0 Å². The summed E-state index contributed by atoms with van der Waals surface area (Å²) in [4.78, 5) is 39.9. The molecule has 3 aromatic rings. The Morgan fingerprint density at radius 1 is 0.638 bits per heavy atom. The molecule has 1 saturated heterocycles. The number of carbonyl (C=O) groups excluding carboxylic acids is 3. The molecule has 14 heteroatoms. The number of nitrogens with zero attached hydrogens (tertiary/aromatic N) is 1. The van der Waals surface area contributed by atoms with Gasteiger partial charge < -0.3 is 23.8 Å². The molecule has 0 aliphatic carbocycles. The second-order valence-corrected chi connectivity index (χ2v) is 15.8. The molecule has 1 unspecified atom stereocenters. The number of benzene rings is 3. The average molecular weight is 826 g/mol. The highest BCUT2D eigenvalue weighted by molar-refractivity contribution is 7.48. The minimum atomic E-state index is -3.79. The van der Waals surface area contributed by atoms with Crippen LogP contribution in [0.1, 0.15) is 108 Å². The lowest BCUT2D eigenvalue weighted by Crippen LogP contribution is -2.34. The van der Waals surface area contributed by atoms with Gasteiger partial charge >= 0.3 is 13.8 Å². The number of methoxy groups -OCH3 is 2. The molecular formula is C44H60NO12P. The van der Waals surface area contributed by atoms with Gasteiger partial charge in [0, 0.05) is 19.3 Å². The summed E-state index contributed by atoms with van der Waals surface area (Å²) in [5, 5.41) is 0.595. The molecule has 0 saturated carbocycles. The van der Waals surface area contributed by atoms with Crippen molar-refractivity contribution in [2.45, 2.75) is 103 Å². The van der Waals surface area contributed by atoms with E-state index in [4.69, 9.17) is 37.4 Å². The largest absolute Gasteiger partial charge is 0.497 e. The molecule has 0 spiro atoms. The fourth-order valence-corrected chi connectivity index (χ4v) is 7.95. The number of phosphoric acid groups is 1. The first-order valence-corrected chi connectivity index (χ1v) is 21.8. The second-order valence-electron chi connectivity index (χ2n) is 14.2. The Bertz CT molecular complexity index is 1660. The summed E-state index contributed by atoms with van der Waals surface area (Å²) < 4.78 is 53.9. The van der Waals surface area contributed by atoms with Crippen molar-refractivity contribution in [1.82, 2.24) is 5.06 Å². The molecule has 4 rings (SSSR count). The van der Waals surface area contributed by atoms with Crippen LogP contribution in [0.25, 0.3) is 0 Å². The molecule has 13 nitrogen and oxygen atoms in total. The summed E-state index contributed by atoms with van der Waals surface area (Å²) in [6.07, 6.45) is 8.36. The average Bonchev–Trinajstić information content (AvgIpc) is 3.54. The number of rotatable bonds is 29. The fraction of sp³-hybridized carbons (Fsp3) is 0.523. The summed E-state index contributed by atoms with van der Waals surface area (Å²) in [6, 6.07) is 25.7. The van der Waals surface area contributed by atoms with Crippen LogP contribution in [0.2, 0.25) is 0 Å². The van der Waals surface area contributed by atoms with Crippen molar-refractivity contribution >= 4 is 25.6 Å². The molecule has 318 valence electrons. The normalized spacial score (nSPS) is 14.2. The van der Waals surface area contributed by atoms with Gasteiger partial charge in [-0.05, 0) is 67.6 Å². The minimum Gasteiger partial charge on any atom is -0.497 e. The highest BCUT2D eigenvalue weighted by Gasteiger charge is 2.38. The quantitative estimate of drug-likeness (QED) is 0.0285. The van der Waals surface area contributed by atoms with Crippen molar-refractivity contribution < 1.29 is 56.3 Å². The number of hydroxylamine groups is 2. The van der Waals surface area contributed by atoms with E-state index in [1.54, 1.807) is 28.1 Å². The van der Waals surface area contributed by atoms with Gasteiger partial charge in [-0.25, -0.2) is 9.36 Å². The van der Waals surface area contributed by atoms with E-state index in [-0.39, 0.29) is 58.4 Å². The van der Waals surface area contributed by atoms with Crippen LogP contribution in [-0.2, 0) is 52.4 Å². The Kier molecular flexibility index (Phi) is 19.9. The number of hydrogen-bond donors (Lipinski definition) is 0. The number of amides is 2. The second kappa shape index (κ2) is 24.7. The Balaban J connectivity index is 1.15. The third kappa shape index (κ3) is 14.6. The number of phosphoric ester groups is 1. The zero-order valence-corrected chi connectivity index (χ0v) is 35.3. The first-order chi connectivity index (χ1) is 28.1. The summed E-state index contributed by atoms with van der Waals surface area (Å²) in [5.74, 6) is 0.00276. The standard InChI is InChI=1S/C44H60NO12P/c1-35(2)57-58(49,54-30-16-11-9-7-5-6-8-10-15-19-43(48)56-45-41(46)28-29-42(45)47)55-34-32-52-31-33-53-44(36-17-13-12-14-18-36,37-20-24-39(50-3)25-21-37)38-22-26-40(51-4)27-23-38/h12-14,17-18,20-27,35H,5-11,15-16,19,28-34H2,1-4H3. The highest BCUT2D eigenvalue weighted by Crippen LogP contribution is 2.50. The number of imide groups is 1. The van der Waals surface area contributed by atoms with Gasteiger partial charge in [0.1, 0.15) is 17.1 Å². The minimum absolute atomic E-state index is 0.0176. The van der Waals surface area contributed by atoms with E-state index in [9.17, 15) is 18.9 Å². The molecule has 0 bridgehead atoms. The van der Waals surface area contributed by atoms with E-state index in [1.807, 2.05) is 78.9 Å². The topological polar surface area (TPSA) is 145 Å². The van der Waals surface area contributed by atoms with Crippen LogP contribution in [0.15, 0.2) is 78.9 Å².